The van der Waals surface area contributed by atoms with Gasteiger partial charge in [-0.05, 0) is 6.92 Å². The molecule has 12 heavy (non-hydrogen) atoms. The van der Waals surface area contributed by atoms with Gasteiger partial charge in [0.05, 0.1) is 0 Å². The second-order valence-corrected chi connectivity index (χ2v) is 2.40. The lowest BCUT2D eigenvalue weighted by atomic mass is 10.1. The van der Waals surface area contributed by atoms with Crippen molar-refractivity contribution in [3.8, 4) is 0 Å². The Balaban J connectivity index is 4.14. The van der Waals surface area contributed by atoms with Crippen molar-refractivity contribution >= 4 is 5.78 Å². The zero-order valence-corrected chi connectivity index (χ0v) is 6.21. The fourth-order valence-electron chi connectivity index (χ4n) is 0.475. The number of Topliss-reactive ketones (excluding diaryl/α,β-unsaturated/α-hetero) is 1. The monoisotopic (exact) mass is 190 g/mol. The molecule has 0 N–H and O–H groups in total. The highest BCUT2D eigenvalue weighted by Gasteiger charge is 2.56. The molecule has 0 heterocycles. The van der Waals surface area contributed by atoms with E-state index in [4.69, 9.17) is 0 Å². The van der Waals surface area contributed by atoms with Crippen LogP contribution in [-0.4, -0.2) is 17.9 Å². The maximum atomic E-state index is 12.0. The number of ketones is 1. The summed E-state index contributed by atoms with van der Waals surface area (Å²) in [6.45, 7) is 0.965. The molecule has 0 aromatic heterocycles. The van der Waals surface area contributed by atoms with Crippen LogP contribution in [0, 0.1) is 0 Å². The summed E-state index contributed by atoms with van der Waals surface area (Å²) >= 11 is 0. The first-order valence-electron chi connectivity index (χ1n) is 3.11. The molecule has 0 aliphatic heterocycles. The minimum atomic E-state index is -5.55. The number of hydrogen-bond donors (Lipinski definition) is 0. The van der Waals surface area contributed by atoms with Gasteiger partial charge in [-0.3, -0.25) is 0 Å². The Hall–Kier alpha value is -0.680. The Labute approximate surface area is 65.6 Å². The van der Waals surface area contributed by atoms with Gasteiger partial charge >= 0.3 is 12.1 Å². The average Bonchev–Trinajstić information content (AvgIpc) is 1.81. The van der Waals surface area contributed by atoms with Gasteiger partial charge in [0.25, 0.3) is 0 Å². The molecule has 72 valence electrons. The predicted molar refractivity (Wildman–Crippen MR) is 30.9 cm³/mol. The van der Waals surface area contributed by atoms with Gasteiger partial charge in [0, 0.05) is 12.8 Å². The standard InChI is InChI=1S/C6H7F5O/c1-4(12)2-3-5(7,8)6(9,10)11/h2-3H2,1H3. The van der Waals surface area contributed by atoms with E-state index in [0.29, 0.717) is 0 Å². The number of hydrogen-bond acceptors (Lipinski definition) is 1. The van der Waals surface area contributed by atoms with E-state index in [1.54, 1.807) is 0 Å². The van der Waals surface area contributed by atoms with E-state index in [0.717, 1.165) is 6.92 Å². The van der Waals surface area contributed by atoms with Gasteiger partial charge < -0.3 is 4.79 Å². The zero-order chi connectivity index (χ0) is 9.99. The van der Waals surface area contributed by atoms with Crippen molar-refractivity contribution in [2.75, 3.05) is 0 Å². The van der Waals surface area contributed by atoms with Gasteiger partial charge in [-0.25, -0.2) is 0 Å². The summed E-state index contributed by atoms with van der Waals surface area (Å²) in [6.07, 6.45) is -7.78. The van der Waals surface area contributed by atoms with Crippen molar-refractivity contribution in [3.05, 3.63) is 0 Å². The summed E-state index contributed by atoms with van der Waals surface area (Å²) in [5, 5.41) is 0. The third-order valence-corrected chi connectivity index (χ3v) is 1.21. The molecule has 6 heteroatoms. The smallest absolute Gasteiger partial charge is 0.300 e. The second-order valence-electron chi connectivity index (χ2n) is 2.40. The summed E-state index contributed by atoms with van der Waals surface area (Å²) in [4.78, 5) is 10.1. The minimum Gasteiger partial charge on any atom is -0.300 e. The summed E-state index contributed by atoms with van der Waals surface area (Å²) in [6, 6.07) is 0. The SMILES string of the molecule is CC(=O)CCC(F)(F)C(F)(F)F. The van der Waals surface area contributed by atoms with Crippen LogP contribution in [0.25, 0.3) is 0 Å². The van der Waals surface area contributed by atoms with Crippen LogP contribution in [-0.2, 0) is 4.79 Å². The van der Waals surface area contributed by atoms with E-state index < -0.39 is 30.7 Å². The van der Waals surface area contributed by atoms with E-state index in [2.05, 4.69) is 0 Å². The molecule has 0 rings (SSSR count). The Morgan fingerprint density at radius 1 is 1.17 bits per heavy atom. The van der Waals surface area contributed by atoms with E-state index in [1.165, 1.54) is 0 Å². The molecule has 0 amide bonds. The molecule has 0 aromatic carbocycles. The van der Waals surface area contributed by atoms with Crippen LogP contribution in [0.4, 0.5) is 22.0 Å². The Bertz CT molecular complexity index is 171. The first kappa shape index (κ1) is 11.3. The average molecular weight is 190 g/mol. The molecule has 0 bridgehead atoms. The fraction of sp³-hybridized carbons (Fsp3) is 0.833. The maximum absolute atomic E-state index is 12.0. The van der Waals surface area contributed by atoms with Gasteiger partial charge in [-0.1, -0.05) is 0 Å². The van der Waals surface area contributed by atoms with Gasteiger partial charge in [0.15, 0.2) is 0 Å². The molecular formula is C6H7F5O. The number of rotatable bonds is 3. The van der Waals surface area contributed by atoms with Crippen molar-refractivity contribution < 1.29 is 26.7 Å². The zero-order valence-electron chi connectivity index (χ0n) is 6.21. The van der Waals surface area contributed by atoms with Gasteiger partial charge in [-0.15, -0.1) is 0 Å². The molecule has 0 unspecified atom stereocenters. The Kier molecular flexibility index (Phi) is 3.17. The second kappa shape index (κ2) is 3.37. The van der Waals surface area contributed by atoms with Crippen molar-refractivity contribution in [1.29, 1.82) is 0 Å². The van der Waals surface area contributed by atoms with E-state index >= 15 is 0 Å². The van der Waals surface area contributed by atoms with Crippen molar-refractivity contribution in [3.63, 3.8) is 0 Å². The van der Waals surface area contributed by atoms with Crippen LogP contribution in [0.1, 0.15) is 19.8 Å². The highest BCUT2D eigenvalue weighted by Crippen LogP contribution is 2.38. The summed E-state index contributed by atoms with van der Waals surface area (Å²) in [7, 11) is 0. The molecule has 0 radical (unpaired) electrons. The molecule has 1 nitrogen and oxygen atoms in total. The maximum Gasteiger partial charge on any atom is 0.453 e. The normalized spacial score (nSPS) is 13.2. The van der Waals surface area contributed by atoms with Crippen molar-refractivity contribution in [1.82, 2.24) is 0 Å². The number of halogens is 5. The summed E-state index contributed by atoms with van der Waals surface area (Å²) in [5.74, 6) is -5.43. The molecule has 0 aliphatic rings. The molecule has 0 saturated heterocycles. The first-order chi connectivity index (χ1) is 5.17. The van der Waals surface area contributed by atoms with Crippen LogP contribution in [0.3, 0.4) is 0 Å². The highest BCUT2D eigenvalue weighted by molar-refractivity contribution is 5.75. The van der Waals surface area contributed by atoms with Crippen LogP contribution < -0.4 is 0 Å². The third-order valence-electron chi connectivity index (χ3n) is 1.21. The third kappa shape index (κ3) is 3.15. The van der Waals surface area contributed by atoms with Crippen LogP contribution >= 0.6 is 0 Å². The Morgan fingerprint density at radius 3 is 1.83 bits per heavy atom. The van der Waals surface area contributed by atoms with Gasteiger partial charge in [0.1, 0.15) is 5.78 Å². The minimum absolute atomic E-state index is 0.682. The lowest BCUT2D eigenvalue weighted by molar-refractivity contribution is -0.284. The molecule has 0 fully saturated rings. The Morgan fingerprint density at radius 2 is 1.58 bits per heavy atom. The van der Waals surface area contributed by atoms with Crippen LogP contribution in [0.15, 0.2) is 0 Å². The molecule has 0 aromatic rings. The lowest BCUT2D eigenvalue weighted by Crippen LogP contribution is -2.36. The van der Waals surface area contributed by atoms with Crippen molar-refractivity contribution in [2.24, 2.45) is 0 Å². The highest BCUT2D eigenvalue weighted by atomic mass is 19.4. The predicted octanol–water partition coefficient (Wildman–Crippen LogP) is 2.55. The van der Waals surface area contributed by atoms with Crippen LogP contribution in [0.2, 0.25) is 0 Å². The quantitative estimate of drug-likeness (QED) is 0.625. The number of alkyl halides is 5. The van der Waals surface area contributed by atoms with Gasteiger partial charge in [0.2, 0.25) is 0 Å². The molecular weight excluding hydrogens is 183 g/mol. The number of carbonyl (C=O) groups is 1. The number of carbonyl (C=O) groups excluding carboxylic acids is 1. The van der Waals surface area contributed by atoms with E-state index in [9.17, 15) is 26.7 Å². The fourth-order valence-corrected chi connectivity index (χ4v) is 0.475. The molecule has 0 spiro atoms. The summed E-state index contributed by atoms with van der Waals surface area (Å²) in [5.41, 5.74) is 0. The molecule has 0 atom stereocenters. The first-order valence-corrected chi connectivity index (χ1v) is 3.11. The molecule has 0 saturated carbocycles. The topological polar surface area (TPSA) is 17.1 Å². The molecule has 0 aliphatic carbocycles. The lowest BCUT2D eigenvalue weighted by Gasteiger charge is -2.18. The summed E-state index contributed by atoms with van der Waals surface area (Å²) < 4.78 is 58.3. The largest absolute Gasteiger partial charge is 0.453 e. The van der Waals surface area contributed by atoms with E-state index in [-0.39, 0.29) is 0 Å². The van der Waals surface area contributed by atoms with Gasteiger partial charge in [-0.2, -0.15) is 22.0 Å². The van der Waals surface area contributed by atoms with E-state index in [1.807, 2.05) is 0 Å². The van der Waals surface area contributed by atoms with Crippen LogP contribution in [0.5, 0.6) is 0 Å². The van der Waals surface area contributed by atoms with Crippen molar-refractivity contribution in [2.45, 2.75) is 31.9 Å².